The average molecular weight is 300 g/mol. The predicted octanol–water partition coefficient (Wildman–Crippen LogP) is 1.36. The summed E-state index contributed by atoms with van der Waals surface area (Å²) in [4.78, 5) is 3.18. The number of benzene rings is 1. The normalized spacial score (nSPS) is 28.3. The second-order valence-electron chi connectivity index (χ2n) is 5.52. The van der Waals surface area contributed by atoms with Crippen LogP contribution in [0.2, 0.25) is 0 Å². The first kappa shape index (κ1) is 15.1. The van der Waals surface area contributed by atoms with Crippen molar-refractivity contribution in [3.05, 3.63) is 36.0 Å². The number of rotatable bonds is 2. The molecule has 2 aromatic rings. The van der Waals surface area contributed by atoms with Crippen LogP contribution in [0, 0.1) is 11.8 Å². The lowest BCUT2D eigenvalue weighted by atomic mass is 10.0. The molecule has 5 heteroatoms. The number of hydrogen-bond acceptors (Lipinski definition) is 4. The second kappa shape index (κ2) is 6.51. The molecule has 0 spiro atoms. The zero-order valence-electron chi connectivity index (χ0n) is 12.5. The van der Waals surface area contributed by atoms with Crippen LogP contribution < -0.4 is 5.73 Å². The van der Waals surface area contributed by atoms with Gasteiger partial charge in [-0.05, 0) is 13.0 Å². The number of ether oxygens (including phenoxy) is 2. The minimum Gasteiger partial charge on any atom is -0.389 e. The summed E-state index contributed by atoms with van der Waals surface area (Å²) in [5.74, 6) is 6.09. The minimum atomic E-state index is -0.642. The number of aliphatic hydroxyl groups is 1. The van der Waals surface area contributed by atoms with Gasteiger partial charge in [-0.2, -0.15) is 0 Å². The van der Waals surface area contributed by atoms with Crippen molar-refractivity contribution in [2.45, 2.75) is 37.9 Å². The molecular formula is C17H20N2O3. The van der Waals surface area contributed by atoms with Gasteiger partial charge in [0.1, 0.15) is 6.61 Å². The Morgan fingerprint density at radius 3 is 3.09 bits per heavy atom. The topological polar surface area (TPSA) is 80.5 Å². The molecule has 0 amide bonds. The Labute approximate surface area is 129 Å². The molecule has 1 aromatic heterocycles. The molecule has 0 aliphatic carbocycles. The third kappa shape index (κ3) is 3.16. The number of fused-ring (bicyclic) bond motifs is 1. The van der Waals surface area contributed by atoms with E-state index in [2.05, 4.69) is 16.8 Å². The summed E-state index contributed by atoms with van der Waals surface area (Å²) in [7, 11) is 0. The molecule has 0 unspecified atom stereocenters. The van der Waals surface area contributed by atoms with Gasteiger partial charge in [0.2, 0.25) is 0 Å². The van der Waals surface area contributed by atoms with Crippen LogP contribution in [0.3, 0.4) is 0 Å². The Bertz CT molecular complexity index is 688. The number of aromatic nitrogens is 1. The van der Waals surface area contributed by atoms with Crippen LogP contribution in [-0.2, 0) is 9.47 Å². The van der Waals surface area contributed by atoms with E-state index in [1.165, 1.54) is 0 Å². The zero-order chi connectivity index (χ0) is 15.5. The number of aromatic amines is 1. The van der Waals surface area contributed by atoms with E-state index in [9.17, 15) is 5.11 Å². The van der Waals surface area contributed by atoms with E-state index < -0.39 is 12.4 Å². The van der Waals surface area contributed by atoms with E-state index in [1.54, 1.807) is 6.92 Å². The summed E-state index contributed by atoms with van der Waals surface area (Å²) in [6.07, 6.45) is 0.988. The molecule has 0 bridgehead atoms. The first-order chi connectivity index (χ1) is 10.6. The predicted molar refractivity (Wildman–Crippen MR) is 84.1 cm³/mol. The Balaban J connectivity index is 1.58. The van der Waals surface area contributed by atoms with Gasteiger partial charge in [-0.1, -0.05) is 30.0 Å². The summed E-state index contributed by atoms with van der Waals surface area (Å²) < 4.78 is 11.1. The van der Waals surface area contributed by atoms with Gasteiger partial charge in [-0.3, -0.25) is 0 Å². The van der Waals surface area contributed by atoms with Gasteiger partial charge in [0.25, 0.3) is 0 Å². The van der Waals surface area contributed by atoms with Gasteiger partial charge in [0, 0.05) is 35.1 Å². The molecule has 4 atom stereocenters. The molecule has 2 heterocycles. The van der Waals surface area contributed by atoms with Crippen LogP contribution in [0.4, 0.5) is 0 Å². The Morgan fingerprint density at radius 2 is 2.27 bits per heavy atom. The SMILES string of the molecule is C[C@@H]1O[C@@H](OCC#Cc2c[nH]c3ccccc23)C[C@H](N)[C@@H]1O. The fraction of sp³-hybridized carbons (Fsp3) is 0.412. The highest BCUT2D eigenvalue weighted by Crippen LogP contribution is 2.19. The molecule has 3 rings (SSSR count). The summed E-state index contributed by atoms with van der Waals surface area (Å²) in [5, 5.41) is 10.8. The maximum Gasteiger partial charge on any atom is 0.160 e. The van der Waals surface area contributed by atoms with Crippen molar-refractivity contribution in [1.29, 1.82) is 0 Å². The third-order valence-corrected chi connectivity index (χ3v) is 3.90. The fourth-order valence-corrected chi connectivity index (χ4v) is 2.63. The van der Waals surface area contributed by atoms with Crippen LogP contribution >= 0.6 is 0 Å². The number of aliphatic hydroxyl groups excluding tert-OH is 1. The lowest BCUT2D eigenvalue weighted by molar-refractivity contribution is -0.217. The summed E-state index contributed by atoms with van der Waals surface area (Å²) in [6.45, 7) is 2.05. The van der Waals surface area contributed by atoms with Gasteiger partial charge < -0.3 is 25.3 Å². The maximum atomic E-state index is 9.72. The van der Waals surface area contributed by atoms with E-state index in [-0.39, 0.29) is 18.8 Å². The van der Waals surface area contributed by atoms with Crippen molar-refractivity contribution >= 4 is 10.9 Å². The number of nitrogens with two attached hydrogens (primary N) is 1. The number of H-pyrrole nitrogens is 1. The van der Waals surface area contributed by atoms with Crippen molar-refractivity contribution in [3.63, 3.8) is 0 Å². The average Bonchev–Trinajstić information content (AvgIpc) is 2.92. The van der Waals surface area contributed by atoms with E-state index in [1.807, 2.05) is 30.5 Å². The molecular weight excluding hydrogens is 280 g/mol. The first-order valence-corrected chi connectivity index (χ1v) is 7.41. The van der Waals surface area contributed by atoms with Crippen molar-refractivity contribution in [1.82, 2.24) is 4.98 Å². The molecule has 22 heavy (non-hydrogen) atoms. The minimum absolute atomic E-state index is 0.264. The van der Waals surface area contributed by atoms with Crippen LogP contribution in [0.1, 0.15) is 18.9 Å². The maximum absolute atomic E-state index is 9.72. The molecule has 5 nitrogen and oxygen atoms in total. The number of para-hydroxylation sites is 1. The largest absolute Gasteiger partial charge is 0.389 e. The quantitative estimate of drug-likeness (QED) is 0.732. The zero-order valence-corrected chi connectivity index (χ0v) is 12.5. The van der Waals surface area contributed by atoms with Gasteiger partial charge in [-0.15, -0.1) is 0 Å². The molecule has 0 saturated carbocycles. The molecule has 1 aliphatic heterocycles. The highest BCUT2D eigenvalue weighted by atomic mass is 16.7. The van der Waals surface area contributed by atoms with Gasteiger partial charge in [-0.25, -0.2) is 0 Å². The fourth-order valence-electron chi connectivity index (χ4n) is 2.63. The third-order valence-electron chi connectivity index (χ3n) is 3.90. The standard InChI is InChI=1S/C17H20N2O3/c1-11-17(20)14(18)9-16(22-11)21-8-4-5-12-10-19-15-7-3-2-6-13(12)15/h2-3,6-7,10-11,14,16-17,19-20H,8-9,18H2,1H3/t11-,14-,16+,17+/m0/s1. The summed E-state index contributed by atoms with van der Waals surface area (Å²) >= 11 is 0. The van der Waals surface area contributed by atoms with Crippen molar-refractivity contribution in [2.75, 3.05) is 6.61 Å². The molecule has 1 aliphatic rings. The van der Waals surface area contributed by atoms with Crippen molar-refractivity contribution in [2.24, 2.45) is 5.73 Å². The van der Waals surface area contributed by atoms with Crippen molar-refractivity contribution < 1.29 is 14.6 Å². The molecule has 1 saturated heterocycles. The van der Waals surface area contributed by atoms with Crippen molar-refractivity contribution in [3.8, 4) is 11.8 Å². The second-order valence-corrected chi connectivity index (χ2v) is 5.52. The van der Waals surface area contributed by atoms with Gasteiger partial charge in [0.05, 0.1) is 12.2 Å². The van der Waals surface area contributed by atoms with Gasteiger partial charge in [0.15, 0.2) is 6.29 Å². The molecule has 1 aromatic carbocycles. The van der Waals surface area contributed by atoms with E-state index in [0.717, 1.165) is 16.5 Å². The highest BCUT2D eigenvalue weighted by Gasteiger charge is 2.33. The summed E-state index contributed by atoms with van der Waals surface area (Å²) in [6, 6.07) is 7.69. The van der Waals surface area contributed by atoms with E-state index >= 15 is 0 Å². The Morgan fingerprint density at radius 1 is 1.45 bits per heavy atom. The molecule has 116 valence electrons. The molecule has 4 N–H and O–H groups in total. The highest BCUT2D eigenvalue weighted by molar-refractivity contribution is 5.85. The van der Waals surface area contributed by atoms with E-state index in [0.29, 0.717) is 6.42 Å². The van der Waals surface area contributed by atoms with Crippen LogP contribution in [-0.4, -0.2) is 41.2 Å². The summed E-state index contributed by atoms with van der Waals surface area (Å²) in [5.41, 5.74) is 7.87. The van der Waals surface area contributed by atoms with Gasteiger partial charge >= 0.3 is 0 Å². The first-order valence-electron chi connectivity index (χ1n) is 7.41. The van der Waals surface area contributed by atoms with Crippen LogP contribution in [0.15, 0.2) is 30.5 Å². The molecule has 1 fully saturated rings. The molecule has 0 radical (unpaired) electrons. The Hall–Kier alpha value is -1.84. The smallest absolute Gasteiger partial charge is 0.160 e. The van der Waals surface area contributed by atoms with Crippen LogP contribution in [0.5, 0.6) is 0 Å². The number of hydrogen-bond donors (Lipinski definition) is 3. The lowest BCUT2D eigenvalue weighted by Crippen LogP contribution is -2.51. The Kier molecular flexibility index (Phi) is 4.46. The monoisotopic (exact) mass is 300 g/mol. The van der Waals surface area contributed by atoms with Crippen LogP contribution in [0.25, 0.3) is 10.9 Å². The lowest BCUT2D eigenvalue weighted by Gasteiger charge is -2.35. The van der Waals surface area contributed by atoms with E-state index in [4.69, 9.17) is 15.2 Å². The number of nitrogens with one attached hydrogen (secondary N) is 1.